The molecule has 3 amide bonds. The molecule has 0 aliphatic heterocycles. The third-order valence-corrected chi connectivity index (χ3v) is 6.51. The quantitative estimate of drug-likeness (QED) is 0.197. The van der Waals surface area contributed by atoms with Crippen LogP contribution in [0.3, 0.4) is 0 Å². The smallest absolute Gasteiger partial charge is 0.394 e. The summed E-state index contributed by atoms with van der Waals surface area (Å²) in [4.78, 5) is 58.8. The molecule has 1 unspecified atom stereocenters. The van der Waals surface area contributed by atoms with Crippen molar-refractivity contribution in [3.63, 3.8) is 0 Å². The number of carboxylic acid groups (broad SMARTS) is 2. The number of carbonyl (C=O) groups is 5. The number of carboxylic acids is 2. The van der Waals surface area contributed by atoms with Crippen molar-refractivity contribution in [1.82, 2.24) is 5.32 Å². The molecule has 1 atom stereocenters. The Hall–Kier alpha value is -1.28. The Morgan fingerprint density at radius 2 is 1.54 bits per heavy atom. The molecular weight excluding hydrogens is 719 g/mol. The number of nitrogens with one attached hydrogen (secondary N) is 1. The number of nitrogens with two attached hydrogens (primary N) is 1. The van der Waals surface area contributed by atoms with Gasteiger partial charge in [0.2, 0.25) is 0 Å². The Balaban J connectivity index is 3.62. The molecule has 0 aromatic heterocycles. The fraction of sp³-hybridized carbons (Fsp3) is 0.214. The third kappa shape index (κ3) is 5.20. The average molecular weight is 731 g/mol. The highest BCUT2D eigenvalue weighted by Crippen LogP contribution is 2.37. The van der Waals surface area contributed by atoms with Crippen LogP contribution in [0.2, 0.25) is 0 Å². The Morgan fingerprint density at radius 3 is 1.96 bits per heavy atom. The lowest BCUT2D eigenvalue weighted by Crippen LogP contribution is -2.38. The van der Waals surface area contributed by atoms with Gasteiger partial charge in [-0.25, -0.2) is 9.59 Å². The number of rotatable bonds is 6. The number of hydrogen-bond donors (Lipinski definition) is 5. The van der Waals surface area contributed by atoms with Crippen molar-refractivity contribution in [1.29, 1.82) is 0 Å². The maximum atomic E-state index is 12.6. The molecule has 152 valence electrons. The van der Waals surface area contributed by atoms with Crippen molar-refractivity contribution >= 4 is 103 Å². The van der Waals surface area contributed by atoms with Gasteiger partial charge < -0.3 is 31.3 Å². The highest BCUT2D eigenvalue weighted by molar-refractivity contribution is 14.1. The van der Waals surface area contributed by atoms with E-state index in [2.05, 4.69) is 5.32 Å². The van der Waals surface area contributed by atoms with Crippen LogP contribution in [0.25, 0.3) is 0 Å². The SMILES string of the molecule is CN(C(=O)C(=O)O)c1c(I)c(C(N)=O)c(I)c(C(=O)NCC(O)C(=O)O)c1I. The number of aliphatic hydroxyl groups is 1. The summed E-state index contributed by atoms with van der Waals surface area (Å²) >= 11 is 5.11. The second-order valence-corrected chi connectivity index (χ2v) is 8.37. The number of carbonyl (C=O) groups excluding carboxylic acids is 3. The zero-order chi connectivity index (χ0) is 21.9. The van der Waals surface area contributed by atoms with Crippen molar-refractivity contribution in [2.24, 2.45) is 5.73 Å². The number of anilines is 1. The molecule has 0 saturated carbocycles. The van der Waals surface area contributed by atoms with E-state index in [1.54, 1.807) is 67.8 Å². The molecule has 0 aliphatic rings. The van der Waals surface area contributed by atoms with Crippen molar-refractivity contribution in [2.45, 2.75) is 6.10 Å². The number of benzene rings is 1. The molecule has 0 fully saturated rings. The van der Waals surface area contributed by atoms with E-state index in [1.807, 2.05) is 0 Å². The van der Waals surface area contributed by atoms with Gasteiger partial charge in [0.15, 0.2) is 6.10 Å². The zero-order valence-electron chi connectivity index (χ0n) is 13.8. The van der Waals surface area contributed by atoms with Crippen LogP contribution >= 0.6 is 67.8 Å². The summed E-state index contributed by atoms with van der Waals surface area (Å²) in [6, 6.07) is 0. The summed E-state index contributed by atoms with van der Waals surface area (Å²) in [5.74, 6) is -6.35. The molecule has 11 nitrogen and oxygen atoms in total. The molecule has 1 aromatic rings. The second-order valence-electron chi connectivity index (χ2n) is 5.14. The van der Waals surface area contributed by atoms with Crippen LogP contribution < -0.4 is 16.0 Å². The van der Waals surface area contributed by atoms with Gasteiger partial charge in [0, 0.05) is 10.6 Å². The maximum absolute atomic E-state index is 12.6. The number of nitrogens with zero attached hydrogens (tertiary/aromatic N) is 1. The first-order chi connectivity index (χ1) is 12.8. The summed E-state index contributed by atoms with van der Waals surface area (Å²) in [7, 11) is 1.16. The monoisotopic (exact) mass is 731 g/mol. The molecule has 1 rings (SSSR count). The summed E-state index contributed by atoms with van der Waals surface area (Å²) in [5, 5.41) is 29.2. The van der Waals surface area contributed by atoms with E-state index in [0.717, 1.165) is 11.9 Å². The minimum atomic E-state index is -1.85. The minimum Gasteiger partial charge on any atom is -0.479 e. The van der Waals surface area contributed by atoms with Crippen molar-refractivity contribution < 1.29 is 39.3 Å². The predicted molar refractivity (Wildman–Crippen MR) is 120 cm³/mol. The first-order valence-electron chi connectivity index (χ1n) is 7.03. The van der Waals surface area contributed by atoms with Crippen LogP contribution in [0, 0.1) is 10.7 Å². The lowest BCUT2D eigenvalue weighted by atomic mass is 10.1. The first-order valence-corrected chi connectivity index (χ1v) is 10.3. The zero-order valence-corrected chi connectivity index (χ0v) is 20.3. The van der Waals surface area contributed by atoms with Gasteiger partial charge in [-0.3, -0.25) is 14.4 Å². The molecule has 14 heteroatoms. The maximum Gasteiger partial charge on any atom is 0.394 e. The van der Waals surface area contributed by atoms with E-state index in [4.69, 9.17) is 15.9 Å². The molecule has 6 N–H and O–H groups in total. The normalized spacial score (nSPS) is 11.5. The first kappa shape index (κ1) is 24.8. The Morgan fingerprint density at radius 1 is 1.04 bits per heavy atom. The van der Waals surface area contributed by atoms with Gasteiger partial charge in [0.1, 0.15) is 0 Å². The molecule has 0 heterocycles. The molecule has 0 spiro atoms. The van der Waals surface area contributed by atoms with Gasteiger partial charge in [-0.1, -0.05) is 0 Å². The van der Waals surface area contributed by atoms with Gasteiger partial charge in [0.05, 0.1) is 30.5 Å². The topological polar surface area (TPSA) is 187 Å². The number of primary amides is 1. The highest BCUT2D eigenvalue weighted by atomic mass is 127. The molecule has 0 saturated heterocycles. The van der Waals surface area contributed by atoms with Crippen molar-refractivity contribution in [3.8, 4) is 0 Å². The van der Waals surface area contributed by atoms with Crippen LogP contribution in [0.15, 0.2) is 0 Å². The van der Waals surface area contributed by atoms with E-state index in [1.165, 1.54) is 0 Å². The van der Waals surface area contributed by atoms with Crippen LogP contribution in [0.1, 0.15) is 20.7 Å². The number of likely N-dealkylation sites (N-methyl/N-ethyl adjacent to an activating group) is 1. The number of hydrogen-bond acceptors (Lipinski definition) is 6. The molecular formula is C14H12I3N3O8. The summed E-state index contributed by atoms with van der Waals surface area (Å²) in [5.41, 5.74) is 5.14. The van der Waals surface area contributed by atoms with E-state index in [9.17, 15) is 29.1 Å². The number of aliphatic hydroxyl groups excluding tert-OH is 1. The van der Waals surface area contributed by atoms with Gasteiger partial charge in [-0.15, -0.1) is 0 Å². The van der Waals surface area contributed by atoms with Gasteiger partial charge in [-0.2, -0.15) is 0 Å². The standard InChI is InChI=1S/C14H12I3N3O8/c1-20(12(24)14(27)28)9-7(16)4(10(18)22)6(15)5(8(9)17)11(23)19-2-3(21)13(25)26/h3,21H,2H2,1H3,(H2,18,22)(H,19,23)(H,25,26)(H,27,28). The van der Waals surface area contributed by atoms with Crippen LogP contribution in [-0.4, -0.2) is 64.7 Å². The van der Waals surface area contributed by atoms with Crippen molar-refractivity contribution in [3.05, 3.63) is 21.8 Å². The van der Waals surface area contributed by atoms with Crippen molar-refractivity contribution in [2.75, 3.05) is 18.5 Å². The average Bonchev–Trinajstić information content (AvgIpc) is 2.57. The fourth-order valence-corrected chi connectivity index (χ4v) is 6.88. The van der Waals surface area contributed by atoms with Gasteiger partial charge in [-0.05, 0) is 67.8 Å². The number of amides is 3. The number of aliphatic carboxylic acids is 2. The molecule has 28 heavy (non-hydrogen) atoms. The van der Waals surface area contributed by atoms with E-state index < -0.39 is 42.3 Å². The van der Waals surface area contributed by atoms with E-state index >= 15 is 0 Å². The van der Waals surface area contributed by atoms with Crippen LogP contribution in [0.5, 0.6) is 0 Å². The predicted octanol–water partition coefficient (Wildman–Crippen LogP) is -0.178. The molecule has 0 radical (unpaired) electrons. The van der Waals surface area contributed by atoms with E-state index in [0.29, 0.717) is 0 Å². The molecule has 1 aromatic carbocycles. The highest BCUT2D eigenvalue weighted by Gasteiger charge is 2.31. The van der Waals surface area contributed by atoms with E-state index in [-0.39, 0.29) is 27.5 Å². The van der Waals surface area contributed by atoms with Gasteiger partial charge in [0.25, 0.3) is 11.8 Å². The molecule has 0 aliphatic carbocycles. The summed E-state index contributed by atoms with van der Waals surface area (Å²) in [6.45, 7) is -0.614. The summed E-state index contributed by atoms with van der Waals surface area (Å²) in [6.07, 6.45) is -1.85. The fourth-order valence-electron chi connectivity index (χ4n) is 1.97. The lowest BCUT2D eigenvalue weighted by molar-refractivity contribution is -0.148. The second kappa shape index (κ2) is 9.96. The van der Waals surface area contributed by atoms with Crippen LogP contribution in [0.4, 0.5) is 5.69 Å². The largest absolute Gasteiger partial charge is 0.479 e. The lowest BCUT2D eigenvalue weighted by Gasteiger charge is -2.23. The Kier molecular flexibility index (Phi) is 8.81. The Labute approximate surface area is 198 Å². The van der Waals surface area contributed by atoms with Gasteiger partial charge >= 0.3 is 17.8 Å². The Bertz CT molecular complexity index is 889. The molecule has 0 bridgehead atoms. The number of halogens is 3. The minimum absolute atomic E-state index is 0.0215. The third-order valence-electron chi connectivity index (χ3n) is 3.33. The van der Waals surface area contributed by atoms with Crippen LogP contribution in [-0.2, 0) is 14.4 Å². The summed E-state index contributed by atoms with van der Waals surface area (Å²) < 4.78 is 0.426.